The molecule has 1 heterocycles. The average Bonchev–Trinajstić information content (AvgIpc) is 3.31. The number of nitrogens with zero attached hydrogens (tertiary/aromatic N) is 1. The normalized spacial score (nSPS) is 16.3. The first-order valence-corrected chi connectivity index (χ1v) is 12.4. The summed E-state index contributed by atoms with van der Waals surface area (Å²) >= 11 is 1.30. The summed E-state index contributed by atoms with van der Waals surface area (Å²) in [6, 6.07) is 14.3. The number of ether oxygens (including phenoxy) is 1. The van der Waals surface area contributed by atoms with E-state index in [4.69, 9.17) is 9.84 Å². The second-order valence-corrected chi connectivity index (χ2v) is 9.92. The number of carboxylic acid groups (broad SMARTS) is 1. The molecule has 2 N–H and O–H groups in total. The molecule has 0 saturated heterocycles. The Morgan fingerprint density at radius 1 is 1.22 bits per heavy atom. The van der Waals surface area contributed by atoms with Gasteiger partial charge in [-0.15, -0.1) is 11.3 Å². The van der Waals surface area contributed by atoms with Crippen LogP contribution >= 0.6 is 11.3 Å². The quantitative estimate of drug-likeness (QED) is 0.503. The van der Waals surface area contributed by atoms with Crippen molar-refractivity contribution < 1.29 is 23.1 Å². The zero-order valence-electron chi connectivity index (χ0n) is 17.3. The van der Waals surface area contributed by atoms with Gasteiger partial charge in [0.1, 0.15) is 10.8 Å². The fourth-order valence-electron chi connectivity index (χ4n) is 3.69. The number of aromatic carboxylic acids is 1. The summed E-state index contributed by atoms with van der Waals surface area (Å²) in [4.78, 5) is 15.5. The van der Waals surface area contributed by atoms with Gasteiger partial charge in [0.2, 0.25) is 0 Å². The number of carboxylic acids is 1. The van der Waals surface area contributed by atoms with Crippen LogP contribution in [-0.2, 0) is 10.0 Å². The van der Waals surface area contributed by atoms with Crippen molar-refractivity contribution >= 4 is 38.6 Å². The Morgan fingerprint density at radius 2 is 2.00 bits per heavy atom. The van der Waals surface area contributed by atoms with E-state index in [1.54, 1.807) is 0 Å². The molecular weight excluding hydrogens is 448 g/mol. The molecule has 0 amide bonds. The number of thiazole rings is 1. The van der Waals surface area contributed by atoms with E-state index in [0.717, 1.165) is 24.8 Å². The van der Waals surface area contributed by atoms with E-state index in [1.165, 1.54) is 47.6 Å². The smallest absolute Gasteiger partial charge is 0.335 e. The maximum atomic E-state index is 12.9. The number of hydrogen-bond donors (Lipinski definition) is 2. The van der Waals surface area contributed by atoms with E-state index >= 15 is 0 Å². The minimum Gasteiger partial charge on any atom is -0.495 e. The molecule has 1 aliphatic carbocycles. The second-order valence-electron chi connectivity index (χ2n) is 7.43. The Morgan fingerprint density at radius 3 is 2.66 bits per heavy atom. The van der Waals surface area contributed by atoms with Gasteiger partial charge >= 0.3 is 5.97 Å². The molecule has 1 atom stereocenters. The highest BCUT2D eigenvalue weighted by Gasteiger charge is 2.23. The second kappa shape index (κ2) is 9.13. The van der Waals surface area contributed by atoms with Crippen LogP contribution in [-0.4, -0.2) is 31.6 Å². The van der Waals surface area contributed by atoms with E-state index in [2.05, 4.69) is 27.9 Å². The lowest BCUT2D eigenvalue weighted by molar-refractivity contribution is 0.0696. The average molecular weight is 471 g/mol. The molecule has 0 bridgehead atoms. The summed E-state index contributed by atoms with van der Waals surface area (Å²) < 4.78 is 33.3. The fourth-order valence-corrected chi connectivity index (χ4v) is 5.93. The molecular formula is C23H22N2O5S2. The van der Waals surface area contributed by atoms with Crippen LogP contribution in [0.3, 0.4) is 0 Å². The van der Waals surface area contributed by atoms with Crippen molar-refractivity contribution in [1.82, 2.24) is 4.98 Å². The molecule has 1 aromatic heterocycles. The largest absolute Gasteiger partial charge is 0.495 e. The molecule has 166 valence electrons. The molecule has 4 rings (SSSR count). The predicted molar refractivity (Wildman–Crippen MR) is 124 cm³/mol. The minimum atomic E-state index is -3.96. The number of nitrogens with one attached hydrogen (secondary N) is 1. The Bertz CT molecular complexity index is 1270. The van der Waals surface area contributed by atoms with Gasteiger partial charge in [-0.3, -0.25) is 4.72 Å². The maximum Gasteiger partial charge on any atom is 0.335 e. The number of methoxy groups -OCH3 is 1. The number of sulfonamides is 1. The summed E-state index contributed by atoms with van der Waals surface area (Å²) in [5.41, 5.74) is 2.53. The van der Waals surface area contributed by atoms with Crippen molar-refractivity contribution in [3.63, 3.8) is 0 Å². The number of hydrogen-bond acceptors (Lipinski definition) is 6. The molecule has 3 aromatic rings. The van der Waals surface area contributed by atoms with Crippen molar-refractivity contribution in [3.8, 4) is 5.75 Å². The van der Waals surface area contributed by atoms with Gasteiger partial charge < -0.3 is 9.84 Å². The van der Waals surface area contributed by atoms with E-state index in [9.17, 15) is 13.2 Å². The summed E-state index contributed by atoms with van der Waals surface area (Å²) in [6.45, 7) is 0. The van der Waals surface area contributed by atoms with Gasteiger partial charge in [-0.1, -0.05) is 36.4 Å². The van der Waals surface area contributed by atoms with Gasteiger partial charge in [-0.2, -0.15) is 8.42 Å². The van der Waals surface area contributed by atoms with Gasteiger partial charge in [-0.05, 0) is 54.5 Å². The third kappa shape index (κ3) is 4.68. The highest BCUT2D eigenvalue weighted by molar-refractivity contribution is 7.92. The molecule has 0 aliphatic heterocycles. The van der Waals surface area contributed by atoms with Gasteiger partial charge in [0.25, 0.3) is 10.0 Å². The zero-order valence-corrected chi connectivity index (χ0v) is 18.9. The van der Waals surface area contributed by atoms with Gasteiger partial charge in [0.05, 0.1) is 18.4 Å². The first-order valence-electron chi connectivity index (χ1n) is 10.0. The molecule has 0 spiro atoms. The van der Waals surface area contributed by atoms with Gasteiger partial charge in [0.15, 0.2) is 5.03 Å². The van der Waals surface area contributed by atoms with E-state index in [0.29, 0.717) is 10.9 Å². The van der Waals surface area contributed by atoms with Gasteiger partial charge in [0, 0.05) is 5.38 Å². The van der Waals surface area contributed by atoms with Crippen LogP contribution in [0, 0.1) is 0 Å². The molecule has 1 unspecified atom stereocenters. The molecule has 0 saturated carbocycles. The van der Waals surface area contributed by atoms with Crippen LogP contribution in [0.5, 0.6) is 5.75 Å². The Hall–Kier alpha value is -3.17. The summed E-state index contributed by atoms with van der Waals surface area (Å²) in [7, 11) is -2.61. The Balaban J connectivity index is 1.51. The van der Waals surface area contributed by atoms with Crippen molar-refractivity contribution in [1.29, 1.82) is 0 Å². The lowest BCUT2D eigenvalue weighted by Crippen LogP contribution is -2.14. The van der Waals surface area contributed by atoms with Crippen LogP contribution in [0.15, 0.2) is 65.0 Å². The summed E-state index contributed by atoms with van der Waals surface area (Å²) in [5, 5.41) is 11.2. The van der Waals surface area contributed by atoms with Crippen LogP contribution in [0.4, 0.5) is 5.69 Å². The monoisotopic (exact) mass is 470 g/mol. The van der Waals surface area contributed by atoms with Crippen molar-refractivity contribution in [2.24, 2.45) is 0 Å². The number of rotatable bonds is 7. The lowest BCUT2D eigenvalue weighted by atomic mass is 9.85. The number of anilines is 1. The number of aromatic nitrogens is 1. The Labute approximate surface area is 190 Å². The van der Waals surface area contributed by atoms with Gasteiger partial charge in [-0.25, -0.2) is 9.78 Å². The lowest BCUT2D eigenvalue weighted by Gasteiger charge is -2.21. The molecule has 0 radical (unpaired) electrons. The third-order valence-electron chi connectivity index (χ3n) is 5.41. The molecule has 9 heteroatoms. The highest BCUT2D eigenvalue weighted by Crippen LogP contribution is 2.37. The van der Waals surface area contributed by atoms with E-state index in [-0.39, 0.29) is 22.0 Å². The summed E-state index contributed by atoms with van der Waals surface area (Å²) in [5.74, 6) is -0.547. The zero-order chi connectivity index (χ0) is 22.7. The molecule has 32 heavy (non-hydrogen) atoms. The molecule has 0 fully saturated rings. The molecule has 2 aromatic carbocycles. The first-order chi connectivity index (χ1) is 15.4. The first kappa shape index (κ1) is 22.0. The predicted octanol–water partition coefficient (Wildman–Crippen LogP) is 5.00. The number of allylic oxidation sites excluding steroid dienone is 2. The highest BCUT2D eigenvalue weighted by atomic mass is 32.2. The minimum absolute atomic E-state index is 0.00112. The van der Waals surface area contributed by atoms with Crippen molar-refractivity contribution in [3.05, 3.63) is 76.1 Å². The standard InChI is InChI=1S/C23H22N2O5S2/c1-30-20-13-18(23(26)27)11-12-19(20)25-32(28,29)21-14-31-22(24-21)17-9-7-16(8-10-17)15-5-3-2-4-6-15/h2-6,9,11-14,16,25H,7-8,10H2,1H3,(H,26,27). The van der Waals surface area contributed by atoms with Crippen molar-refractivity contribution in [2.75, 3.05) is 11.8 Å². The van der Waals surface area contributed by atoms with Crippen LogP contribution in [0.25, 0.3) is 5.57 Å². The maximum absolute atomic E-state index is 12.9. The third-order valence-corrected chi connectivity index (χ3v) is 7.72. The van der Waals surface area contributed by atoms with Crippen LogP contribution in [0.2, 0.25) is 0 Å². The Kier molecular flexibility index (Phi) is 6.29. The topological polar surface area (TPSA) is 106 Å². The number of benzene rings is 2. The SMILES string of the molecule is COc1cc(C(=O)O)ccc1NS(=O)(=O)c1csc(C2=CCC(c3ccccc3)CC2)n1. The number of carbonyl (C=O) groups is 1. The van der Waals surface area contributed by atoms with E-state index in [1.807, 2.05) is 18.2 Å². The fraction of sp³-hybridized carbons (Fsp3) is 0.217. The van der Waals surface area contributed by atoms with Crippen LogP contribution in [0.1, 0.15) is 46.1 Å². The molecule has 1 aliphatic rings. The summed E-state index contributed by atoms with van der Waals surface area (Å²) in [6.07, 6.45) is 4.87. The van der Waals surface area contributed by atoms with Crippen LogP contribution < -0.4 is 9.46 Å². The molecule has 7 nitrogen and oxygen atoms in total. The van der Waals surface area contributed by atoms with E-state index < -0.39 is 16.0 Å². The van der Waals surface area contributed by atoms with Crippen molar-refractivity contribution in [2.45, 2.75) is 30.2 Å².